The maximum atomic E-state index is 13.0. The fourth-order valence-corrected chi connectivity index (χ4v) is 4.60. The smallest absolute Gasteiger partial charge is 0.261 e. The van der Waals surface area contributed by atoms with E-state index in [9.17, 15) is 18.0 Å². The van der Waals surface area contributed by atoms with Crippen molar-refractivity contribution >= 4 is 27.5 Å². The first kappa shape index (κ1) is 21.6. The number of benzene rings is 2. The number of aryl methyl sites for hydroxylation is 1. The minimum Gasteiger partial charge on any atom is -0.351 e. The van der Waals surface area contributed by atoms with Crippen LogP contribution in [0, 0.1) is 6.92 Å². The number of nitrogens with zero attached hydrogens (tertiary/aromatic N) is 1. The fourth-order valence-electron chi connectivity index (χ4n) is 3.45. The van der Waals surface area contributed by atoms with Gasteiger partial charge in [-0.25, -0.2) is 8.42 Å². The third-order valence-corrected chi connectivity index (χ3v) is 6.28. The molecule has 2 aromatic rings. The zero-order valence-corrected chi connectivity index (χ0v) is 17.6. The van der Waals surface area contributed by atoms with Crippen molar-refractivity contribution in [2.45, 2.75) is 30.7 Å². The molecular formula is C22H25N3O4S. The molecule has 2 amide bonds. The molecular weight excluding hydrogens is 402 g/mol. The lowest BCUT2D eigenvalue weighted by Gasteiger charge is -2.24. The lowest BCUT2D eigenvalue weighted by Crippen LogP contribution is -2.46. The van der Waals surface area contributed by atoms with Crippen LogP contribution in [0.5, 0.6) is 0 Å². The number of rotatable bonds is 7. The standard InChI is InChI=1S/C22H25N3O4S/c1-3-12-23-21(26)20-11-6-13-25(20)22(27)17-8-5-9-18(15-17)24-30(28,29)19-10-4-7-16(2)14-19/h3-5,7-10,14-15,20,24H,1,6,11-13H2,2H3,(H,23,26). The fraction of sp³-hybridized carbons (Fsp3) is 0.273. The Hall–Kier alpha value is -3.13. The highest BCUT2D eigenvalue weighted by molar-refractivity contribution is 7.92. The first-order valence-electron chi connectivity index (χ1n) is 9.71. The second-order valence-corrected chi connectivity index (χ2v) is 8.88. The lowest BCUT2D eigenvalue weighted by atomic mass is 10.1. The average molecular weight is 428 g/mol. The Morgan fingerprint density at radius 2 is 1.97 bits per heavy atom. The molecule has 158 valence electrons. The summed E-state index contributed by atoms with van der Waals surface area (Å²) in [6.45, 7) is 6.21. The molecule has 30 heavy (non-hydrogen) atoms. The van der Waals surface area contributed by atoms with E-state index in [1.165, 1.54) is 17.0 Å². The van der Waals surface area contributed by atoms with Gasteiger partial charge in [-0.1, -0.05) is 24.3 Å². The summed E-state index contributed by atoms with van der Waals surface area (Å²) in [5.41, 5.74) is 1.44. The summed E-state index contributed by atoms with van der Waals surface area (Å²) in [4.78, 5) is 27.0. The van der Waals surface area contributed by atoms with Crippen molar-refractivity contribution in [1.29, 1.82) is 0 Å². The highest BCUT2D eigenvalue weighted by Crippen LogP contribution is 2.23. The number of carbonyl (C=O) groups is 2. The summed E-state index contributed by atoms with van der Waals surface area (Å²) in [7, 11) is -3.78. The normalized spacial score (nSPS) is 16.2. The van der Waals surface area contributed by atoms with Crippen LogP contribution in [0.4, 0.5) is 5.69 Å². The first-order valence-corrected chi connectivity index (χ1v) is 11.2. The van der Waals surface area contributed by atoms with Crippen molar-refractivity contribution in [1.82, 2.24) is 10.2 Å². The largest absolute Gasteiger partial charge is 0.351 e. The van der Waals surface area contributed by atoms with Crippen molar-refractivity contribution in [3.05, 3.63) is 72.3 Å². The summed E-state index contributed by atoms with van der Waals surface area (Å²) < 4.78 is 27.9. The molecule has 1 aliphatic heterocycles. The van der Waals surface area contributed by atoms with E-state index in [1.54, 1.807) is 36.4 Å². The molecule has 0 saturated carbocycles. The molecule has 0 aliphatic carbocycles. The van der Waals surface area contributed by atoms with Crippen molar-refractivity contribution in [2.75, 3.05) is 17.8 Å². The Labute approximate surface area is 176 Å². The van der Waals surface area contributed by atoms with Crippen molar-refractivity contribution in [3.63, 3.8) is 0 Å². The van der Waals surface area contributed by atoms with Crippen molar-refractivity contribution in [2.24, 2.45) is 0 Å². The van der Waals surface area contributed by atoms with Crippen LogP contribution < -0.4 is 10.0 Å². The van der Waals surface area contributed by atoms with Crippen molar-refractivity contribution < 1.29 is 18.0 Å². The molecule has 1 heterocycles. The van der Waals surface area contributed by atoms with Gasteiger partial charge in [0.25, 0.3) is 15.9 Å². The zero-order valence-electron chi connectivity index (χ0n) is 16.8. The van der Waals surface area contributed by atoms with Gasteiger partial charge in [0.05, 0.1) is 4.90 Å². The van der Waals surface area contributed by atoms with Crippen LogP contribution >= 0.6 is 0 Å². The molecule has 1 unspecified atom stereocenters. The Balaban J connectivity index is 1.78. The minimum absolute atomic E-state index is 0.151. The monoisotopic (exact) mass is 427 g/mol. The lowest BCUT2D eigenvalue weighted by molar-refractivity contribution is -0.124. The minimum atomic E-state index is -3.78. The van der Waals surface area contributed by atoms with E-state index in [2.05, 4.69) is 16.6 Å². The van der Waals surface area contributed by atoms with Crippen LogP contribution in [0.2, 0.25) is 0 Å². The number of amides is 2. The second-order valence-electron chi connectivity index (χ2n) is 7.19. The Morgan fingerprint density at radius 1 is 1.20 bits per heavy atom. The van der Waals surface area contributed by atoms with Crippen LogP contribution in [-0.2, 0) is 14.8 Å². The molecule has 2 N–H and O–H groups in total. The van der Waals surface area contributed by atoms with E-state index in [-0.39, 0.29) is 22.4 Å². The van der Waals surface area contributed by atoms with Crippen LogP contribution in [0.3, 0.4) is 0 Å². The molecule has 1 fully saturated rings. The summed E-state index contributed by atoms with van der Waals surface area (Å²) >= 11 is 0. The average Bonchev–Trinajstić information content (AvgIpc) is 3.21. The van der Waals surface area contributed by atoms with Gasteiger partial charge in [0.15, 0.2) is 0 Å². The number of likely N-dealkylation sites (tertiary alicyclic amines) is 1. The molecule has 0 radical (unpaired) electrons. The highest BCUT2D eigenvalue weighted by atomic mass is 32.2. The van der Waals surface area contributed by atoms with Gasteiger partial charge in [0, 0.05) is 24.3 Å². The van der Waals surface area contributed by atoms with Gasteiger partial charge in [0.1, 0.15) is 6.04 Å². The first-order chi connectivity index (χ1) is 14.3. The molecule has 1 saturated heterocycles. The highest BCUT2D eigenvalue weighted by Gasteiger charge is 2.34. The van der Waals surface area contributed by atoms with Gasteiger partial charge in [-0.15, -0.1) is 6.58 Å². The third-order valence-electron chi connectivity index (χ3n) is 4.90. The van der Waals surface area contributed by atoms with Gasteiger partial charge < -0.3 is 10.2 Å². The second kappa shape index (κ2) is 9.13. The topological polar surface area (TPSA) is 95.6 Å². The van der Waals surface area contributed by atoms with Crippen LogP contribution in [-0.4, -0.2) is 44.3 Å². The van der Waals surface area contributed by atoms with E-state index in [0.717, 1.165) is 12.0 Å². The van der Waals surface area contributed by atoms with Crippen LogP contribution in [0.15, 0.2) is 66.1 Å². The number of carbonyl (C=O) groups excluding carboxylic acids is 2. The summed E-state index contributed by atoms with van der Waals surface area (Å²) in [5, 5.41) is 2.73. The maximum absolute atomic E-state index is 13.0. The molecule has 1 atom stereocenters. The predicted octanol–water partition coefficient (Wildman–Crippen LogP) is 2.70. The molecule has 0 spiro atoms. The number of anilines is 1. The Kier molecular flexibility index (Phi) is 6.56. The Bertz CT molecular complexity index is 1070. The van der Waals surface area contributed by atoms with Crippen LogP contribution in [0.25, 0.3) is 0 Å². The van der Waals surface area contributed by atoms with E-state index in [4.69, 9.17) is 0 Å². The third kappa shape index (κ3) is 4.88. The number of hydrogen-bond donors (Lipinski definition) is 2. The number of sulfonamides is 1. The van der Waals surface area contributed by atoms with Gasteiger partial charge >= 0.3 is 0 Å². The van der Waals surface area contributed by atoms with E-state index in [1.807, 2.05) is 13.0 Å². The summed E-state index contributed by atoms with van der Waals surface area (Å²) in [5.74, 6) is -0.514. The van der Waals surface area contributed by atoms with E-state index >= 15 is 0 Å². The molecule has 7 nitrogen and oxygen atoms in total. The van der Waals surface area contributed by atoms with E-state index in [0.29, 0.717) is 25.1 Å². The van der Waals surface area contributed by atoms with Crippen LogP contribution in [0.1, 0.15) is 28.8 Å². The van der Waals surface area contributed by atoms with Gasteiger partial charge in [-0.05, 0) is 55.7 Å². The maximum Gasteiger partial charge on any atom is 0.261 e. The molecule has 3 rings (SSSR count). The molecule has 8 heteroatoms. The van der Waals surface area contributed by atoms with Crippen molar-refractivity contribution in [3.8, 4) is 0 Å². The quantitative estimate of drug-likeness (QED) is 0.664. The van der Waals surface area contributed by atoms with E-state index < -0.39 is 16.1 Å². The SMILES string of the molecule is C=CCNC(=O)C1CCCN1C(=O)c1cccc(NS(=O)(=O)c2cccc(C)c2)c1. The molecule has 0 bridgehead atoms. The molecule has 1 aliphatic rings. The van der Waals surface area contributed by atoms with Gasteiger partial charge in [-0.2, -0.15) is 0 Å². The molecule has 0 aromatic heterocycles. The molecule has 2 aromatic carbocycles. The predicted molar refractivity (Wildman–Crippen MR) is 116 cm³/mol. The number of nitrogens with one attached hydrogen (secondary N) is 2. The number of hydrogen-bond acceptors (Lipinski definition) is 4. The zero-order chi connectivity index (χ0) is 21.7. The Morgan fingerprint density at radius 3 is 2.70 bits per heavy atom. The van der Waals surface area contributed by atoms with Gasteiger partial charge in [-0.3, -0.25) is 14.3 Å². The summed E-state index contributed by atoms with van der Waals surface area (Å²) in [6.07, 6.45) is 2.91. The van der Waals surface area contributed by atoms with Gasteiger partial charge in [0.2, 0.25) is 5.91 Å². The summed E-state index contributed by atoms with van der Waals surface area (Å²) in [6, 6.07) is 12.4.